The number of carbonyl (C=O) groups excluding carboxylic acids is 1. The molecule has 0 aromatic rings. The van der Waals surface area contributed by atoms with E-state index in [0.29, 0.717) is 11.8 Å². The van der Waals surface area contributed by atoms with Crippen molar-refractivity contribution in [2.45, 2.75) is 12.5 Å². The second-order valence-electron chi connectivity index (χ2n) is 3.54. The van der Waals surface area contributed by atoms with E-state index in [4.69, 9.17) is 5.73 Å². The summed E-state index contributed by atoms with van der Waals surface area (Å²) in [5.41, 5.74) is 9.23. The Balaban J connectivity index is 2.25. The summed E-state index contributed by atoms with van der Waals surface area (Å²) in [5, 5.41) is 0. The van der Waals surface area contributed by atoms with Crippen molar-refractivity contribution >= 4 is 5.91 Å². The van der Waals surface area contributed by atoms with Crippen molar-refractivity contribution in [3.8, 4) is 0 Å². The molecule has 11 heavy (non-hydrogen) atoms. The number of fused-ring (bicyclic) bond motifs is 2. The fourth-order valence-corrected chi connectivity index (χ4v) is 2.35. The van der Waals surface area contributed by atoms with Crippen molar-refractivity contribution in [3.63, 3.8) is 0 Å². The smallest absolute Gasteiger partial charge is 0.227 e. The molecule has 0 spiro atoms. The first kappa shape index (κ1) is 6.85. The standard InChI is InChI=1S/C8H12N2O/c9-7-5-2-1-4(3-5)6(7)8(10)11/h1-2,4-7H,3,9H2,(H2,10,11)/p+1/t4-,5-,6-,7+/m1/s1. The van der Waals surface area contributed by atoms with Gasteiger partial charge in [-0.1, -0.05) is 12.2 Å². The molecule has 2 aliphatic carbocycles. The maximum Gasteiger partial charge on any atom is 0.227 e. The minimum absolute atomic E-state index is 0.00463. The second-order valence-corrected chi connectivity index (χ2v) is 3.54. The van der Waals surface area contributed by atoms with Crippen molar-refractivity contribution < 1.29 is 10.5 Å². The van der Waals surface area contributed by atoms with Crippen LogP contribution in [0.4, 0.5) is 0 Å². The van der Waals surface area contributed by atoms with E-state index in [1.165, 1.54) is 0 Å². The predicted molar refractivity (Wildman–Crippen MR) is 40.1 cm³/mol. The largest absolute Gasteiger partial charge is 0.369 e. The van der Waals surface area contributed by atoms with Gasteiger partial charge in [0.1, 0.15) is 6.04 Å². The topological polar surface area (TPSA) is 70.7 Å². The zero-order valence-corrected chi connectivity index (χ0v) is 6.36. The number of amides is 1. The van der Waals surface area contributed by atoms with Gasteiger partial charge >= 0.3 is 0 Å². The molecule has 5 N–H and O–H groups in total. The summed E-state index contributed by atoms with van der Waals surface area (Å²) in [6.07, 6.45) is 5.37. The van der Waals surface area contributed by atoms with E-state index in [-0.39, 0.29) is 17.9 Å². The van der Waals surface area contributed by atoms with Gasteiger partial charge < -0.3 is 11.5 Å². The summed E-state index contributed by atoms with van der Waals surface area (Å²) in [5.74, 6) is 0.726. The van der Waals surface area contributed by atoms with Gasteiger partial charge in [-0.15, -0.1) is 0 Å². The molecule has 2 bridgehead atoms. The van der Waals surface area contributed by atoms with Gasteiger partial charge in [0.25, 0.3) is 0 Å². The lowest BCUT2D eigenvalue weighted by Crippen LogP contribution is -2.67. The highest BCUT2D eigenvalue weighted by atomic mass is 16.1. The molecule has 1 amide bonds. The third kappa shape index (κ3) is 0.807. The first-order chi connectivity index (χ1) is 5.20. The van der Waals surface area contributed by atoms with E-state index in [0.717, 1.165) is 6.42 Å². The number of rotatable bonds is 1. The quantitative estimate of drug-likeness (QED) is 0.461. The zero-order chi connectivity index (χ0) is 8.01. The van der Waals surface area contributed by atoms with Gasteiger partial charge in [0.05, 0.1) is 5.92 Å². The van der Waals surface area contributed by atoms with Gasteiger partial charge in [-0.25, -0.2) is 0 Å². The Labute approximate surface area is 65.4 Å². The van der Waals surface area contributed by atoms with Crippen LogP contribution in [0.15, 0.2) is 12.2 Å². The van der Waals surface area contributed by atoms with E-state index in [9.17, 15) is 4.79 Å². The van der Waals surface area contributed by atoms with Crippen LogP contribution in [0.1, 0.15) is 6.42 Å². The Hall–Kier alpha value is -0.830. The average Bonchev–Trinajstić information content (AvgIpc) is 2.44. The number of nitrogens with two attached hydrogens (primary N) is 1. The first-order valence-corrected chi connectivity index (χ1v) is 4.01. The molecule has 0 heterocycles. The van der Waals surface area contributed by atoms with E-state index in [1.807, 2.05) is 0 Å². The van der Waals surface area contributed by atoms with Gasteiger partial charge in [-0.05, 0) is 12.3 Å². The number of quaternary nitrogens is 1. The van der Waals surface area contributed by atoms with Crippen molar-refractivity contribution in [1.82, 2.24) is 0 Å². The Morgan fingerprint density at radius 1 is 1.45 bits per heavy atom. The lowest BCUT2D eigenvalue weighted by Gasteiger charge is -2.17. The summed E-state index contributed by atoms with van der Waals surface area (Å²) in [4.78, 5) is 11.0. The maximum absolute atomic E-state index is 11.0. The second kappa shape index (κ2) is 2.08. The Bertz CT molecular complexity index is 224. The van der Waals surface area contributed by atoms with Crippen LogP contribution in [0, 0.1) is 17.8 Å². The van der Waals surface area contributed by atoms with Crippen LogP contribution >= 0.6 is 0 Å². The molecule has 60 valence electrons. The van der Waals surface area contributed by atoms with E-state index in [1.54, 1.807) is 0 Å². The molecule has 1 saturated carbocycles. The molecule has 0 unspecified atom stereocenters. The van der Waals surface area contributed by atoms with Gasteiger partial charge in [0.15, 0.2) is 0 Å². The molecule has 0 aliphatic heterocycles. The molecular formula is C8H13N2O+. The number of hydrogen-bond donors (Lipinski definition) is 2. The Morgan fingerprint density at radius 2 is 2.09 bits per heavy atom. The molecule has 0 saturated heterocycles. The summed E-state index contributed by atoms with van der Waals surface area (Å²) in [6, 6.07) is 0.225. The molecule has 3 heteroatoms. The molecule has 0 aromatic carbocycles. The first-order valence-electron chi connectivity index (χ1n) is 4.01. The molecular weight excluding hydrogens is 140 g/mol. The monoisotopic (exact) mass is 153 g/mol. The van der Waals surface area contributed by atoms with Gasteiger partial charge in [-0.3, -0.25) is 4.79 Å². The van der Waals surface area contributed by atoms with E-state index in [2.05, 4.69) is 17.9 Å². The van der Waals surface area contributed by atoms with Crippen LogP contribution in [-0.4, -0.2) is 11.9 Å². The average molecular weight is 153 g/mol. The molecule has 0 radical (unpaired) electrons. The Kier molecular flexibility index (Phi) is 1.29. The van der Waals surface area contributed by atoms with E-state index < -0.39 is 0 Å². The highest BCUT2D eigenvalue weighted by molar-refractivity contribution is 5.78. The van der Waals surface area contributed by atoms with Crippen molar-refractivity contribution in [1.29, 1.82) is 0 Å². The number of primary amides is 1. The van der Waals surface area contributed by atoms with Crippen molar-refractivity contribution in [3.05, 3.63) is 12.2 Å². The third-order valence-corrected chi connectivity index (χ3v) is 2.95. The van der Waals surface area contributed by atoms with Gasteiger partial charge in [-0.2, -0.15) is 0 Å². The van der Waals surface area contributed by atoms with Crippen molar-refractivity contribution in [2.75, 3.05) is 0 Å². The highest BCUT2D eigenvalue weighted by Crippen LogP contribution is 2.41. The zero-order valence-electron chi connectivity index (χ0n) is 6.36. The predicted octanol–water partition coefficient (Wildman–Crippen LogP) is -1.10. The summed E-state index contributed by atoms with van der Waals surface area (Å²) in [6.45, 7) is 0. The number of allylic oxidation sites excluding steroid dienone is 1. The normalized spacial score (nSPS) is 46.6. The van der Waals surface area contributed by atoms with Gasteiger partial charge in [0, 0.05) is 5.92 Å². The van der Waals surface area contributed by atoms with E-state index >= 15 is 0 Å². The minimum atomic E-state index is -0.179. The van der Waals surface area contributed by atoms with Crippen LogP contribution in [0.25, 0.3) is 0 Å². The molecule has 2 aliphatic rings. The number of carbonyl (C=O) groups is 1. The molecule has 0 aromatic heterocycles. The van der Waals surface area contributed by atoms with Crippen LogP contribution in [0.2, 0.25) is 0 Å². The third-order valence-electron chi connectivity index (χ3n) is 2.95. The highest BCUT2D eigenvalue weighted by Gasteiger charge is 2.48. The van der Waals surface area contributed by atoms with Crippen LogP contribution in [-0.2, 0) is 4.79 Å². The molecule has 3 nitrogen and oxygen atoms in total. The molecule has 2 rings (SSSR count). The Morgan fingerprint density at radius 3 is 2.45 bits per heavy atom. The molecule has 4 atom stereocenters. The van der Waals surface area contributed by atoms with Gasteiger partial charge in [0.2, 0.25) is 5.91 Å². The summed E-state index contributed by atoms with van der Waals surface area (Å²) in [7, 11) is 0. The summed E-state index contributed by atoms with van der Waals surface area (Å²) >= 11 is 0. The van der Waals surface area contributed by atoms with Crippen LogP contribution < -0.4 is 11.5 Å². The van der Waals surface area contributed by atoms with Crippen LogP contribution in [0.3, 0.4) is 0 Å². The lowest BCUT2D eigenvalue weighted by molar-refractivity contribution is -0.433. The fraction of sp³-hybridized carbons (Fsp3) is 0.625. The van der Waals surface area contributed by atoms with Crippen LogP contribution in [0.5, 0.6) is 0 Å². The molecule has 1 fully saturated rings. The van der Waals surface area contributed by atoms with Crippen molar-refractivity contribution in [2.24, 2.45) is 23.5 Å². The lowest BCUT2D eigenvalue weighted by atomic mass is 9.89. The maximum atomic E-state index is 11.0. The summed E-state index contributed by atoms with van der Waals surface area (Å²) < 4.78 is 0. The fourth-order valence-electron chi connectivity index (χ4n) is 2.35. The SMILES string of the molecule is NC(=O)[C@H]1[C@@H]([NH3+])[C@@H]2C=C[C@@H]1C2. The number of hydrogen-bond acceptors (Lipinski definition) is 1. The minimum Gasteiger partial charge on any atom is -0.369 e.